The number of ketones is 1. The summed E-state index contributed by atoms with van der Waals surface area (Å²) in [5.41, 5.74) is 0.742. The fourth-order valence-corrected chi connectivity index (χ4v) is 0.725. The van der Waals surface area contributed by atoms with Crippen LogP contribution in [0.3, 0.4) is 0 Å². The Balaban J connectivity index is 4.07. The standard InChI is InChI=1S/C10H15NO/c1-4-6-10(9(3)12)8-11-7-5-2/h4-5,8,11H,1-2,6-7H2,3H3/b10-8-. The van der Waals surface area contributed by atoms with E-state index < -0.39 is 0 Å². The quantitative estimate of drug-likeness (QED) is 0.369. The summed E-state index contributed by atoms with van der Waals surface area (Å²) < 4.78 is 0. The normalized spacial score (nSPS) is 10.6. The summed E-state index contributed by atoms with van der Waals surface area (Å²) in [4.78, 5) is 10.9. The highest BCUT2D eigenvalue weighted by molar-refractivity contribution is 5.93. The monoisotopic (exact) mass is 165 g/mol. The Labute approximate surface area is 73.7 Å². The fourth-order valence-electron chi connectivity index (χ4n) is 0.725. The Hall–Kier alpha value is -1.31. The van der Waals surface area contributed by atoms with Gasteiger partial charge in [-0.15, -0.1) is 13.2 Å². The van der Waals surface area contributed by atoms with Crippen molar-refractivity contribution in [3.8, 4) is 0 Å². The van der Waals surface area contributed by atoms with E-state index in [1.165, 1.54) is 0 Å². The van der Waals surface area contributed by atoms with Crippen LogP contribution in [0.15, 0.2) is 37.1 Å². The van der Waals surface area contributed by atoms with Crippen LogP contribution in [-0.2, 0) is 4.79 Å². The van der Waals surface area contributed by atoms with Crippen LogP contribution in [0.5, 0.6) is 0 Å². The van der Waals surface area contributed by atoms with Crippen molar-refractivity contribution in [2.75, 3.05) is 6.54 Å². The van der Waals surface area contributed by atoms with E-state index in [4.69, 9.17) is 0 Å². The number of Topliss-reactive ketones (excluding diaryl/α,β-unsaturated/α-hetero) is 1. The van der Waals surface area contributed by atoms with Crippen LogP contribution in [0.2, 0.25) is 0 Å². The van der Waals surface area contributed by atoms with Gasteiger partial charge in [0.2, 0.25) is 0 Å². The molecule has 0 aliphatic heterocycles. The van der Waals surface area contributed by atoms with Crippen LogP contribution in [0.25, 0.3) is 0 Å². The van der Waals surface area contributed by atoms with Gasteiger partial charge < -0.3 is 5.32 Å². The first-order valence-electron chi connectivity index (χ1n) is 3.87. The zero-order chi connectivity index (χ0) is 9.40. The number of carbonyl (C=O) groups is 1. The summed E-state index contributed by atoms with van der Waals surface area (Å²) in [7, 11) is 0. The van der Waals surface area contributed by atoms with Crippen molar-refractivity contribution in [3.63, 3.8) is 0 Å². The van der Waals surface area contributed by atoms with Crippen LogP contribution in [-0.4, -0.2) is 12.3 Å². The van der Waals surface area contributed by atoms with E-state index in [1.807, 2.05) is 0 Å². The Morgan fingerprint density at radius 3 is 2.50 bits per heavy atom. The molecule has 0 aliphatic rings. The van der Waals surface area contributed by atoms with Crippen molar-refractivity contribution in [2.24, 2.45) is 0 Å². The molecule has 0 atom stereocenters. The minimum atomic E-state index is 0.0754. The van der Waals surface area contributed by atoms with Gasteiger partial charge in [-0.1, -0.05) is 12.2 Å². The van der Waals surface area contributed by atoms with Crippen molar-refractivity contribution in [3.05, 3.63) is 37.1 Å². The van der Waals surface area contributed by atoms with Crippen LogP contribution in [0, 0.1) is 0 Å². The van der Waals surface area contributed by atoms with Crippen LogP contribution < -0.4 is 5.32 Å². The van der Waals surface area contributed by atoms with Gasteiger partial charge in [0.15, 0.2) is 5.78 Å². The lowest BCUT2D eigenvalue weighted by Gasteiger charge is -2.00. The molecule has 0 fully saturated rings. The second-order valence-electron chi connectivity index (χ2n) is 2.42. The molecular formula is C10H15NO. The number of nitrogens with one attached hydrogen (secondary N) is 1. The van der Waals surface area contributed by atoms with Crippen molar-refractivity contribution in [1.29, 1.82) is 0 Å². The summed E-state index contributed by atoms with van der Waals surface area (Å²) in [5.74, 6) is 0.0754. The third-order valence-corrected chi connectivity index (χ3v) is 1.35. The molecule has 2 nitrogen and oxygen atoms in total. The van der Waals surface area contributed by atoms with Gasteiger partial charge in [0.25, 0.3) is 0 Å². The van der Waals surface area contributed by atoms with E-state index in [-0.39, 0.29) is 5.78 Å². The Morgan fingerprint density at radius 2 is 2.08 bits per heavy atom. The predicted molar refractivity (Wildman–Crippen MR) is 51.8 cm³/mol. The maximum Gasteiger partial charge on any atom is 0.157 e. The van der Waals surface area contributed by atoms with E-state index in [2.05, 4.69) is 18.5 Å². The molecule has 0 aromatic rings. The lowest BCUT2D eigenvalue weighted by molar-refractivity contribution is -0.113. The maximum absolute atomic E-state index is 10.9. The Kier molecular flexibility index (Phi) is 5.70. The average Bonchev–Trinajstić information content (AvgIpc) is 2.03. The first kappa shape index (κ1) is 10.7. The molecule has 0 spiro atoms. The van der Waals surface area contributed by atoms with Crippen LogP contribution in [0.4, 0.5) is 0 Å². The molecular weight excluding hydrogens is 150 g/mol. The van der Waals surface area contributed by atoms with Crippen molar-refractivity contribution in [1.82, 2.24) is 5.32 Å². The first-order chi connectivity index (χ1) is 5.72. The number of allylic oxidation sites excluding steroid dienone is 2. The molecule has 12 heavy (non-hydrogen) atoms. The number of rotatable bonds is 6. The van der Waals surface area contributed by atoms with Gasteiger partial charge in [0, 0.05) is 18.3 Å². The van der Waals surface area contributed by atoms with E-state index in [1.54, 1.807) is 25.3 Å². The highest BCUT2D eigenvalue weighted by atomic mass is 16.1. The first-order valence-corrected chi connectivity index (χ1v) is 3.87. The van der Waals surface area contributed by atoms with Gasteiger partial charge in [0.05, 0.1) is 0 Å². The molecule has 0 amide bonds. The van der Waals surface area contributed by atoms with E-state index in [9.17, 15) is 4.79 Å². The molecule has 0 radical (unpaired) electrons. The molecule has 2 heteroatoms. The summed E-state index contributed by atoms with van der Waals surface area (Å²) in [6, 6.07) is 0. The summed E-state index contributed by atoms with van der Waals surface area (Å²) in [6.45, 7) is 9.34. The molecule has 0 heterocycles. The van der Waals surface area contributed by atoms with Gasteiger partial charge in [-0.05, 0) is 13.3 Å². The topological polar surface area (TPSA) is 29.1 Å². The molecule has 0 aromatic carbocycles. The molecule has 0 aromatic heterocycles. The minimum Gasteiger partial charge on any atom is -0.387 e. The van der Waals surface area contributed by atoms with E-state index in [0.717, 1.165) is 5.57 Å². The zero-order valence-electron chi connectivity index (χ0n) is 7.47. The highest BCUT2D eigenvalue weighted by Crippen LogP contribution is 2.01. The smallest absolute Gasteiger partial charge is 0.157 e. The molecule has 66 valence electrons. The molecule has 0 aliphatic carbocycles. The minimum absolute atomic E-state index is 0.0754. The molecule has 0 saturated heterocycles. The third kappa shape index (κ3) is 4.50. The number of hydrogen-bond donors (Lipinski definition) is 1. The highest BCUT2D eigenvalue weighted by Gasteiger charge is 1.99. The van der Waals surface area contributed by atoms with Gasteiger partial charge in [-0.25, -0.2) is 0 Å². The number of hydrogen-bond acceptors (Lipinski definition) is 2. The average molecular weight is 165 g/mol. The third-order valence-electron chi connectivity index (χ3n) is 1.35. The second-order valence-corrected chi connectivity index (χ2v) is 2.42. The van der Waals surface area contributed by atoms with Crippen molar-refractivity contribution in [2.45, 2.75) is 13.3 Å². The number of carbonyl (C=O) groups excluding carboxylic acids is 1. The van der Waals surface area contributed by atoms with E-state index in [0.29, 0.717) is 13.0 Å². The largest absolute Gasteiger partial charge is 0.387 e. The lowest BCUT2D eigenvalue weighted by Crippen LogP contribution is -2.08. The van der Waals surface area contributed by atoms with Crippen LogP contribution in [0.1, 0.15) is 13.3 Å². The molecule has 0 bridgehead atoms. The van der Waals surface area contributed by atoms with Gasteiger partial charge >= 0.3 is 0 Å². The van der Waals surface area contributed by atoms with Crippen LogP contribution >= 0.6 is 0 Å². The van der Waals surface area contributed by atoms with E-state index >= 15 is 0 Å². The Bertz CT molecular complexity index is 204. The summed E-state index contributed by atoms with van der Waals surface area (Å²) in [6.07, 6.45) is 5.77. The molecule has 1 N–H and O–H groups in total. The Morgan fingerprint density at radius 1 is 1.42 bits per heavy atom. The maximum atomic E-state index is 10.9. The molecule has 0 unspecified atom stereocenters. The van der Waals surface area contributed by atoms with Gasteiger partial charge in [-0.2, -0.15) is 0 Å². The molecule has 0 rings (SSSR count). The SMILES string of the molecule is C=CCN/C=C(/CC=C)C(C)=O. The van der Waals surface area contributed by atoms with Crippen molar-refractivity contribution < 1.29 is 4.79 Å². The lowest BCUT2D eigenvalue weighted by atomic mass is 10.1. The predicted octanol–water partition coefficient (Wildman–Crippen LogP) is 1.81. The van der Waals surface area contributed by atoms with Gasteiger partial charge in [0.1, 0.15) is 0 Å². The second kappa shape index (κ2) is 6.40. The molecule has 0 saturated carbocycles. The fraction of sp³-hybridized carbons (Fsp3) is 0.300. The van der Waals surface area contributed by atoms with Crippen molar-refractivity contribution >= 4 is 5.78 Å². The summed E-state index contributed by atoms with van der Waals surface area (Å²) >= 11 is 0. The summed E-state index contributed by atoms with van der Waals surface area (Å²) in [5, 5.41) is 2.95. The zero-order valence-corrected chi connectivity index (χ0v) is 7.47. The van der Waals surface area contributed by atoms with Gasteiger partial charge in [-0.3, -0.25) is 4.79 Å².